The fraction of sp³-hybridized carbons (Fsp3) is 0.176. The minimum absolute atomic E-state index is 0.0767. The van der Waals surface area contributed by atoms with Crippen molar-refractivity contribution in [2.45, 2.75) is 6.42 Å². The third kappa shape index (κ3) is 3.77. The normalized spacial score (nSPS) is 16.8. The first-order chi connectivity index (χ1) is 11.9. The number of nitrogens with one attached hydrogen (secondary N) is 1. The molecule has 3 rings (SSSR count). The summed E-state index contributed by atoms with van der Waals surface area (Å²) in [6.45, 7) is 0.236. The Kier molecular flexibility index (Phi) is 4.67. The van der Waals surface area contributed by atoms with E-state index in [2.05, 4.69) is 5.32 Å². The van der Waals surface area contributed by atoms with Crippen LogP contribution in [0.3, 0.4) is 0 Å². The van der Waals surface area contributed by atoms with Crippen molar-refractivity contribution in [3.8, 4) is 0 Å². The van der Waals surface area contributed by atoms with Crippen molar-refractivity contribution in [3.05, 3.63) is 63.7 Å². The molecule has 7 nitrogen and oxygen atoms in total. The number of carbonyl (C=O) groups is 2. The third-order valence-corrected chi connectivity index (χ3v) is 4.18. The van der Waals surface area contributed by atoms with E-state index in [1.54, 1.807) is 30.3 Å². The molecule has 1 atom stereocenters. The van der Waals surface area contributed by atoms with Gasteiger partial charge in [-0.2, -0.15) is 0 Å². The van der Waals surface area contributed by atoms with Gasteiger partial charge in [-0.25, -0.2) is 0 Å². The lowest BCUT2D eigenvalue weighted by Crippen LogP contribution is -2.28. The van der Waals surface area contributed by atoms with Gasteiger partial charge in [0.15, 0.2) is 0 Å². The zero-order valence-corrected chi connectivity index (χ0v) is 13.8. The van der Waals surface area contributed by atoms with Crippen LogP contribution in [0.15, 0.2) is 48.5 Å². The molecule has 1 heterocycles. The van der Waals surface area contributed by atoms with Crippen molar-refractivity contribution >= 4 is 40.5 Å². The Morgan fingerprint density at radius 2 is 2.00 bits per heavy atom. The molecular weight excluding hydrogens is 346 g/mol. The average molecular weight is 360 g/mol. The highest BCUT2D eigenvalue weighted by atomic mass is 35.5. The number of nitro groups is 1. The summed E-state index contributed by atoms with van der Waals surface area (Å²) >= 11 is 5.95. The van der Waals surface area contributed by atoms with Gasteiger partial charge in [0.05, 0.1) is 10.8 Å². The maximum Gasteiger partial charge on any atom is 0.271 e. The molecule has 0 radical (unpaired) electrons. The number of amides is 2. The Morgan fingerprint density at radius 1 is 1.24 bits per heavy atom. The third-order valence-electron chi connectivity index (χ3n) is 3.94. The lowest BCUT2D eigenvalue weighted by molar-refractivity contribution is -0.384. The van der Waals surface area contributed by atoms with E-state index in [4.69, 9.17) is 11.6 Å². The maximum absolute atomic E-state index is 12.4. The number of hydrogen-bond donors (Lipinski definition) is 1. The molecule has 1 N–H and O–H groups in total. The molecule has 1 aliphatic heterocycles. The van der Waals surface area contributed by atoms with Crippen LogP contribution < -0.4 is 10.2 Å². The zero-order valence-electron chi connectivity index (χ0n) is 13.0. The molecule has 2 amide bonds. The monoisotopic (exact) mass is 359 g/mol. The van der Waals surface area contributed by atoms with Crippen molar-refractivity contribution in [2.24, 2.45) is 5.92 Å². The molecule has 0 aliphatic carbocycles. The highest BCUT2D eigenvalue weighted by molar-refractivity contribution is 6.31. The molecule has 0 saturated carbocycles. The van der Waals surface area contributed by atoms with Crippen LogP contribution in [0.1, 0.15) is 6.42 Å². The van der Waals surface area contributed by atoms with E-state index in [1.165, 1.54) is 23.1 Å². The number of anilines is 2. The van der Waals surface area contributed by atoms with Gasteiger partial charge < -0.3 is 10.2 Å². The fourth-order valence-corrected chi connectivity index (χ4v) is 2.90. The molecule has 25 heavy (non-hydrogen) atoms. The van der Waals surface area contributed by atoms with Crippen LogP contribution in [0.2, 0.25) is 5.02 Å². The van der Waals surface area contributed by atoms with Gasteiger partial charge in [0, 0.05) is 41.5 Å². The second kappa shape index (κ2) is 6.90. The molecule has 0 aromatic heterocycles. The highest BCUT2D eigenvalue weighted by Crippen LogP contribution is 2.28. The van der Waals surface area contributed by atoms with Crippen molar-refractivity contribution in [1.29, 1.82) is 0 Å². The van der Waals surface area contributed by atoms with Gasteiger partial charge in [-0.15, -0.1) is 0 Å². The van der Waals surface area contributed by atoms with Crippen LogP contribution in [-0.4, -0.2) is 23.3 Å². The summed E-state index contributed by atoms with van der Waals surface area (Å²) in [5.74, 6) is -1.05. The van der Waals surface area contributed by atoms with E-state index in [1.807, 2.05) is 0 Å². The first kappa shape index (κ1) is 16.9. The van der Waals surface area contributed by atoms with Crippen LogP contribution in [0.4, 0.5) is 17.1 Å². The first-order valence-electron chi connectivity index (χ1n) is 7.55. The van der Waals surface area contributed by atoms with E-state index < -0.39 is 10.8 Å². The van der Waals surface area contributed by atoms with E-state index in [9.17, 15) is 19.7 Å². The number of nitro benzene ring substituents is 1. The van der Waals surface area contributed by atoms with Gasteiger partial charge >= 0.3 is 0 Å². The molecule has 0 unspecified atom stereocenters. The Balaban J connectivity index is 1.71. The summed E-state index contributed by atoms with van der Waals surface area (Å²) in [6, 6.07) is 12.5. The first-order valence-corrected chi connectivity index (χ1v) is 7.93. The molecule has 0 bridgehead atoms. The van der Waals surface area contributed by atoms with Gasteiger partial charge in [-0.3, -0.25) is 19.7 Å². The number of non-ortho nitro benzene ring substituents is 1. The van der Waals surface area contributed by atoms with Crippen molar-refractivity contribution in [1.82, 2.24) is 0 Å². The minimum Gasteiger partial charge on any atom is -0.326 e. The topological polar surface area (TPSA) is 92.5 Å². The minimum atomic E-state index is -0.536. The van der Waals surface area contributed by atoms with Gasteiger partial charge in [-0.1, -0.05) is 23.7 Å². The van der Waals surface area contributed by atoms with E-state index in [0.717, 1.165) is 0 Å². The van der Waals surface area contributed by atoms with Crippen LogP contribution >= 0.6 is 11.6 Å². The smallest absolute Gasteiger partial charge is 0.271 e. The highest BCUT2D eigenvalue weighted by Gasteiger charge is 2.35. The Hall–Kier alpha value is -2.93. The van der Waals surface area contributed by atoms with Crippen LogP contribution in [0.5, 0.6) is 0 Å². The molecule has 1 aliphatic rings. The number of nitrogens with zero attached hydrogens (tertiary/aromatic N) is 2. The quantitative estimate of drug-likeness (QED) is 0.670. The van der Waals surface area contributed by atoms with Gasteiger partial charge in [0.25, 0.3) is 5.69 Å². The molecule has 8 heteroatoms. The van der Waals surface area contributed by atoms with E-state index in [-0.39, 0.29) is 30.5 Å². The number of halogens is 1. The molecule has 0 spiro atoms. The summed E-state index contributed by atoms with van der Waals surface area (Å²) < 4.78 is 0. The molecule has 128 valence electrons. The van der Waals surface area contributed by atoms with Crippen molar-refractivity contribution < 1.29 is 14.5 Å². The van der Waals surface area contributed by atoms with Gasteiger partial charge in [0.2, 0.25) is 11.8 Å². The predicted octanol–water partition coefficient (Wildman–Crippen LogP) is 3.24. The van der Waals surface area contributed by atoms with E-state index >= 15 is 0 Å². The molecule has 2 aromatic carbocycles. The molecular formula is C17H14ClN3O4. The Bertz CT molecular complexity index is 855. The van der Waals surface area contributed by atoms with Gasteiger partial charge in [0.1, 0.15) is 0 Å². The summed E-state index contributed by atoms with van der Waals surface area (Å²) in [5.41, 5.74) is 0.858. The number of carbonyl (C=O) groups excluding carboxylic acids is 2. The van der Waals surface area contributed by atoms with E-state index in [0.29, 0.717) is 16.4 Å². The Labute approximate surface area is 148 Å². The number of benzene rings is 2. The Morgan fingerprint density at radius 3 is 2.72 bits per heavy atom. The second-order valence-electron chi connectivity index (χ2n) is 5.68. The predicted molar refractivity (Wildman–Crippen MR) is 93.6 cm³/mol. The number of rotatable bonds is 4. The summed E-state index contributed by atoms with van der Waals surface area (Å²) in [5, 5.41) is 13.9. The largest absolute Gasteiger partial charge is 0.326 e. The lowest BCUT2D eigenvalue weighted by atomic mass is 10.1. The fourth-order valence-electron chi connectivity index (χ4n) is 2.72. The molecule has 1 saturated heterocycles. The lowest BCUT2D eigenvalue weighted by Gasteiger charge is -2.17. The zero-order chi connectivity index (χ0) is 18.0. The van der Waals surface area contributed by atoms with Crippen molar-refractivity contribution in [3.63, 3.8) is 0 Å². The van der Waals surface area contributed by atoms with Crippen LogP contribution in [0, 0.1) is 16.0 Å². The number of hydrogen-bond acceptors (Lipinski definition) is 4. The maximum atomic E-state index is 12.4. The van der Waals surface area contributed by atoms with Crippen LogP contribution in [-0.2, 0) is 9.59 Å². The summed E-state index contributed by atoms with van der Waals surface area (Å²) in [7, 11) is 0. The van der Waals surface area contributed by atoms with Gasteiger partial charge in [-0.05, 0) is 24.3 Å². The summed E-state index contributed by atoms with van der Waals surface area (Å²) in [4.78, 5) is 36.4. The SMILES string of the molecule is O=C(Nc1cccc([N+](=O)[O-])c1)[C@@H]1CC(=O)N(c2cccc(Cl)c2)C1. The molecule has 2 aromatic rings. The molecule has 1 fully saturated rings. The van der Waals surface area contributed by atoms with Crippen LogP contribution in [0.25, 0.3) is 0 Å². The average Bonchev–Trinajstić information content (AvgIpc) is 2.97. The standard InChI is InChI=1S/C17H14ClN3O4/c18-12-3-1-5-14(8-12)20-10-11(7-16(20)22)17(23)19-13-4-2-6-15(9-13)21(24)25/h1-6,8-9,11H,7,10H2,(H,19,23)/t11-/m1/s1. The second-order valence-corrected chi connectivity index (χ2v) is 6.12. The summed E-state index contributed by atoms with van der Waals surface area (Å²) in [6.07, 6.45) is 0.0767. The van der Waals surface area contributed by atoms with Crippen molar-refractivity contribution in [2.75, 3.05) is 16.8 Å².